The number of amides is 1. The molecule has 1 aromatic carbocycles. The molecular weight excluding hydrogens is 224 g/mol. The fraction of sp³-hybridized carbons (Fsp3) is 0.533. The first-order chi connectivity index (χ1) is 8.65. The highest BCUT2D eigenvalue weighted by molar-refractivity contribution is 5.90. The number of nitrogens with one attached hydrogen (secondary N) is 2. The van der Waals surface area contributed by atoms with Gasteiger partial charge in [0, 0.05) is 23.8 Å². The van der Waals surface area contributed by atoms with Crippen molar-refractivity contribution in [2.75, 3.05) is 10.6 Å². The maximum absolute atomic E-state index is 11.6. The van der Waals surface area contributed by atoms with Crippen molar-refractivity contribution in [2.45, 2.75) is 52.5 Å². The van der Waals surface area contributed by atoms with Crippen LogP contribution < -0.4 is 10.6 Å². The summed E-state index contributed by atoms with van der Waals surface area (Å²) in [6.45, 7) is 6.39. The molecular formula is C15H24N2O. The summed E-state index contributed by atoms with van der Waals surface area (Å²) < 4.78 is 0. The molecule has 1 amide bonds. The van der Waals surface area contributed by atoms with Crippen LogP contribution in [0.1, 0.15) is 46.5 Å². The molecule has 0 fully saturated rings. The Morgan fingerprint density at radius 2 is 1.78 bits per heavy atom. The van der Waals surface area contributed by atoms with E-state index in [1.807, 2.05) is 24.3 Å². The average molecular weight is 248 g/mol. The molecule has 0 saturated heterocycles. The van der Waals surface area contributed by atoms with Crippen molar-refractivity contribution in [2.24, 2.45) is 0 Å². The zero-order valence-electron chi connectivity index (χ0n) is 11.6. The van der Waals surface area contributed by atoms with Crippen LogP contribution in [0.3, 0.4) is 0 Å². The number of hydrogen-bond acceptors (Lipinski definition) is 2. The number of anilines is 2. The smallest absolute Gasteiger partial charge is 0.224 e. The number of unbranched alkanes of at least 4 members (excludes halogenated alkanes) is 1. The standard InChI is InChI=1S/C15H24N2O/c1-4-6-7-15(18)17-14-10-8-13(9-11-14)16-12(3)5-2/h8-12,16H,4-7H2,1-3H3,(H,17,18). The van der Waals surface area contributed by atoms with E-state index in [4.69, 9.17) is 0 Å². The van der Waals surface area contributed by atoms with Gasteiger partial charge in [0.05, 0.1) is 0 Å². The van der Waals surface area contributed by atoms with Gasteiger partial charge in [0.25, 0.3) is 0 Å². The Hall–Kier alpha value is -1.51. The molecule has 3 heteroatoms. The van der Waals surface area contributed by atoms with E-state index in [-0.39, 0.29) is 5.91 Å². The van der Waals surface area contributed by atoms with Gasteiger partial charge in [-0.15, -0.1) is 0 Å². The van der Waals surface area contributed by atoms with E-state index in [1.54, 1.807) is 0 Å². The molecule has 0 aliphatic rings. The van der Waals surface area contributed by atoms with Crippen LogP contribution in [0.2, 0.25) is 0 Å². The fourth-order valence-electron chi connectivity index (χ4n) is 1.60. The third kappa shape index (κ3) is 5.21. The van der Waals surface area contributed by atoms with Gasteiger partial charge in [0.1, 0.15) is 0 Å². The van der Waals surface area contributed by atoms with Crippen LogP contribution in [-0.4, -0.2) is 11.9 Å². The van der Waals surface area contributed by atoms with Crippen molar-refractivity contribution in [3.8, 4) is 0 Å². The maximum Gasteiger partial charge on any atom is 0.224 e. The zero-order valence-corrected chi connectivity index (χ0v) is 11.6. The minimum atomic E-state index is 0.0967. The van der Waals surface area contributed by atoms with Crippen LogP contribution in [0.15, 0.2) is 24.3 Å². The topological polar surface area (TPSA) is 41.1 Å². The van der Waals surface area contributed by atoms with Gasteiger partial charge in [-0.05, 0) is 44.0 Å². The molecule has 2 N–H and O–H groups in total. The fourth-order valence-corrected chi connectivity index (χ4v) is 1.60. The summed E-state index contributed by atoms with van der Waals surface area (Å²) in [7, 11) is 0. The largest absolute Gasteiger partial charge is 0.383 e. The van der Waals surface area contributed by atoms with Crippen molar-refractivity contribution >= 4 is 17.3 Å². The highest BCUT2D eigenvalue weighted by atomic mass is 16.1. The molecule has 100 valence electrons. The van der Waals surface area contributed by atoms with E-state index in [0.717, 1.165) is 30.6 Å². The second-order valence-electron chi connectivity index (χ2n) is 4.68. The highest BCUT2D eigenvalue weighted by Crippen LogP contribution is 2.15. The molecule has 0 radical (unpaired) electrons. The molecule has 3 nitrogen and oxygen atoms in total. The third-order valence-electron chi connectivity index (χ3n) is 2.95. The number of carbonyl (C=O) groups excluding carboxylic acids is 1. The minimum absolute atomic E-state index is 0.0967. The number of carbonyl (C=O) groups is 1. The Labute approximate surface area is 110 Å². The van der Waals surface area contributed by atoms with Crippen molar-refractivity contribution in [3.05, 3.63) is 24.3 Å². The van der Waals surface area contributed by atoms with Crippen molar-refractivity contribution in [1.82, 2.24) is 0 Å². The van der Waals surface area contributed by atoms with Crippen LogP contribution in [0.4, 0.5) is 11.4 Å². The Bertz CT molecular complexity index is 359. The summed E-state index contributed by atoms with van der Waals surface area (Å²) in [5.41, 5.74) is 1.96. The lowest BCUT2D eigenvalue weighted by molar-refractivity contribution is -0.116. The van der Waals surface area contributed by atoms with Gasteiger partial charge >= 0.3 is 0 Å². The van der Waals surface area contributed by atoms with Crippen molar-refractivity contribution in [1.29, 1.82) is 0 Å². The van der Waals surface area contributed by atoms with E-state index >= 15 is 0 Å². The summed E-state index contributed by atoms with van der Waals surface area (Å²) in [4.78, 5) is 11.6. The summed E-state index contributed by atoms with van der Waals surface area (Å²) in [6.07, 6.45) is 3.68. The molecule has 1 rings (SSSR count). The Balaban J connectivity index is 2.47. The van der Waals surface area contributed by atoms with Gasteiger partial charge in [0.15, 0.2) is 0 Å². The maximum atomic E-state index is 11.6. The molecule has 1 aromatic rings. The predicted molar refractivity (Wildman–Crippen MR) is 78.0 cm³/mol. The predicted octanol–water partition coefficient (Wildman–Crippen LogP) is 4.03. The van der Waals surface area contributed by atoms with Gasteiger partial charge in [-0.1, -0.05) is 20.3 Å². The normalized spacial score (nSPS) is 11.9. The zero-order chi connectivity index (χ0) is 13.4. The molecule has 0 saturated carbocycles. The average Bonchev–Trinajstić information content (AvgIpc) is 2.38. The molecule has 0 aliphatic carbocycles. The first-order valence-electron chi connectivity index (χ1n) is 6.82. The van der Waals surface area contributed by atoms with Gasteiger partial charge in [-0.2, -0.15) is 0 Å². The summed E-state index contributed by atoms with van der Waals surface area (Å²) in [6, 6.07) is 8.35. The van der Waals surface area contributed by atoms with Crippen LogP contribution in [-0.2, 0) is 4.79 Å². The van der Waals surface area contributed by atoms with Gasteiger partial charge in [-0.3, -0.25) is 4.79 Å². The second kappa shape index (κ2) is 7.75. The lowest BCUT2D eigenvalue weighted by Gasteiger charge is -2.13. The molecule has 0 bridgehead atoms. The summed E-state index contributed by atoms with van der Waals surface area (Å²) in [5, 5.41) is 6.30. The van der Waals surface area contributed by atoms with E-state index in [9.17, 15) is 4.79 Å². The van der Waals surface area contributed by atoms with E-state index in [2.05, 4.69) is 31.4 Å². The summed E-state index contributed by atoms with van der Waals surface area (Å²) >= 11 is 0. The summed E-state index contributed by atoms with van der Waals surface area (Å²) in [5.74, 6) is 0.0967. The van der Waals surface area contributed by atoms with Crippen molar-refractivity contribution < 1.29 is 4.79 Å². The van der Waals surface area contributed by atoms with Crippen molar-refractivity contribution in [3.63, 3.8) is 0 Å². The molecule has 0 heterocycles. The highest BCUT2D eigenvalue weighted by Gasteiger charge is 2.02. The van der Waals surface area contributed by atoms with E-state index in [0.29, 0.717) is 12.5 Å². The SMILES string of the molecule is CCCCC(=O)Nc1ccc(NC(C)CC)cc1. The Kier molecular flexibility index (Phi) is 6.26. The number of benzene rings is 1. The Morgan fingerprint density at radius 1 is 1.17 bits per heavy atom. The van der Waals surface area contributed by atoms with Gasteiger partial charge in [0.2, 0.25) is 5.91 Å². The van der Waals surface area contributed by atoms with Gasteiger partial charge < -0.3 is 10.6 Å². The molecule has 1 atom stereocenters. The molecule has 0 aromatic heterocycles. The quantitative estimate of drug-likeness (QED) is 0.765. The monoisotopic (exact) mass is 248 g/mol. The number of hydrogen-bond donors (Lipinski definition) is 2. The lowest BCUT2D eigenvalue weighted by Crippen LogP contribution is -2.13. The third-order valence-corrected chi connectivity index (χ3v) is 2.95. The van der Waals surface area contributed by atoms with Gasteiger partial charge in [-0.25, -0.2) is 0 Å². The molecule has 0 spiro atoms. The van der Waals surface area contributed by atoms with E-state index in [1.165, 1.54) is 0 Å². The second-order valence-corrected chi connectivity index (χ2v) is 4.68. The first-order valence-corrected chi connectivity index (χ1v) is 6.82. The first kappa shape index (κ1) is 14.6. The van der Waals surface area contributed by atoms with Crippen LogP contribution >= 0.6 is 0 Å². The van der Waals surface area contributed by atoms with E-state index < -0.39 is 0 Å². The lowest BCUT2D eigenvalue weighted by atomic mass is 10.2. The number of rotatable bonds is 7. The molecule has 1 unspecified atom stereocenters. The van der Waals surface area contributed by atoms with Crippen LogP contribution in [0, 0.1) is 0 Å². The minimum Gasteiger partial charge on any atom is -0.383 e. The van der Waals surface area contributed by atoms with Crippen LogP contribution in [0.5, 0.6) is 0 Å². The molecule has 18 heavy (non-hydrogen) atoms. The van der Waals surface area contributed by atoms with Crippen LogP contribution in [0.25, 0.3) is 0 Å². The molecule has 0 aliphatic heterocycles. The Morgan fingerprint density at radius 3 is 2.33 bits per heavy atom.